The van der Waals surface area contributed by atoms with Crippen LogP contribution in [-0.4, -0.2) is 11.2 Å². The van der Waals surface area contributed by atoms with E-state index in [0.29, 0.717) is 0 Å². The van der Waals surface area contributed by atoms with E-state index in [1.54, 1.807) is 13.8 Å². The van der Waals surface area contributed by atoms with Crippen molar-refractivity contribution in [1.82, 2.24) is 0 Å². The Morgan fingerprint density at radius 1 is 1.36 bits per heavy atom. The van der Waals surface area contributed by atoms with E-state index in [2.05, 4.69) is 13.5 Å². The topological polar surface area (TPSA) is 20.2 Å². The summed E-state index contributed by atoms with van der Waals surface area (Å²) in [4.78, 5) is 0. The summed E-state index contributed by atoms with van der Waals surface area (Å²) in [5.74, 6) is 0. The molecule has 0 rings (SSSR count). The summed E-state index contributed by atoms with van der Waals surface area (Å²) in [6, 6.07) is 0. The molecule has 0 fully saturated rings. The quantitative estimate of drug-likeness (QED) is 0.492. The summed E-state index contributed by atoms with van der Waals surface area (Å²) in [5.41, 5.74) is 0. The zero-order chi connectivity index (χ0) is 9.11. The van der Waals surface area contributed by atoms with Crippen LogP contribution in [0.25, 0.3) is 0 Å². The SMILES string of the molecule is C=CCCCCC.CC(C)O. The van der Waals surface area contributed by atoms with Crippen LogP contribution in [0.15, 0.2) is 12.7 Å². The minimum absolute atomic E-state index is 0.167. The molecule has 0 aliphatic carbocycles. The van der Waals surface area contributed by atoms with E-state index < -0.39 is 0 Å². The van der Waals surface area contributed by atoms with Crippen LogP contribution in [0.3, 0.4) is 0 Å². The van der Waals surface area contributed by atoms with Crippen molar-refractivity contribution < 1.29 is 5.11 Å². The average molecular weight is 158 g/mol. The van der Waals surface area contributed by atoms with Crippen LogP contribution in [-0.2, 0) is 0 Å². The zero-order valence-corrected chi connectivity index (χ0v) is 8.14. The van der Waals surface area contributed by atoms with E-state index in [1.165, 1.54) is 25.7 Å². The van der Waals surface area contributed by atoms with Crippen LogP contribution in [0.1, 0.15) is 46.5 Å². The van der Waals surface area contributed by atoms with Crippen LogP contribution in [0, 0.1) is 0 Å². The fraction of sp³-hybridized carbons (Fsp3) is 0.800. The van der Waals surface area contributed by atoms with E-state index in [0.717, 1.165) is 0 Å². The molecule has 0 spiro atoms. The molecular formula is C10H22O. The van der Waals surface area contributed by atoms with Crippen molar-refractivity contribution in [3.8, 4) is 0 Å². The van der Waals surface area contributed by atoms with Crippen molar-refractivity contribution in [2.75, 3.05) is 0 Å². The zero-order valence-electron chi connectivity index (χ0n) is 8.14. The lowest BCUT2D eigenvalue weighted by Gasteiger charge is -1.87. The van der Waals surface area contributed by atoms with Crippen LogP contribution >= 0.6 is 0 Å². The molecule has 0 bridgehead atoms. The fourth-order valence-corrected chi connectivity index (χ4v) is 0.539. The average Bonchev–Trinajstić information content (AvgIpc) is 1.88. The molecule has 0 aliphatic rings. The van der Waals surface area contributed by atoms with Gasteiger partial charge in [-0.25, -0.2) is 0 Å². The van der Waals surface area contributed by atoms with Crippen molar-refractivity contribution in [3.05, 3.63) is 12.7 Å². The molecule has 0 saturated heterocycles. The highest BCUT2D eigenvalue weighted by atomic mass is 16.3. The van der Waals surface area contributed by atoms with Gasteiger partial charge in [0.05, 0.1) is 0 Å². The first kappa shape index (κ1) is 13.3. The Labute approximate surface area is 71.1 Å². The maximum atomic E-state index is 8.06. The van der Waals surface area contributed by atoms with Gasteiger partial charge >= 0.3 is 0 Å². The molecule has 0 amide bonds. The number of hydrogen-bond donors (Lipinski definition) is 1. The van der Waals surface area contributed by atoms with E-state index in [4.69, 9.17) is 5.11 Å². The largest absolute Gasteiger partial charge is 0.394 e. The first-order valence-corrected chi connectivity index (χ1v) is 4.44. The molecule has 0 aromatic heterocycles. The lowest BCUT2D eigenvalue weighted by atomic mass is 10.2. The van der Waals surface area contributed by atoms with Gasteiger partial charge in [0.15, 0.2) is 0 Å². The number of unbranched alkanes of at least 4 members (excludes halogenated alkanes) is 3. The summed E-state index contributed by atoms with van der Waals surface area (Å²) in [6.07, 6.45) is 6.99. The second-order valence-electron chi connectivity index (χ2n) is 2.88. The highest BCUT2D eigenvalue weighted by molar-refractivity contribution is 4.64. The van der Waals surface area contributed by atoms with Gasteiger partial charge in [0.25, 0.3) is 0 Å². The maximum Gasteiger partial charge on any atom is 0.0483 e. The number of aliphatic hydroxyl groups excluding tert-OH is 1. The molecule has 0 saturated carbocycles. The third-order valence-electron chi connectivity index (χ3n) is 1.01. The number of allylic oxidation sites excluding steroid dienone is 1. The van der Waals surface area contributed by atoms with Gasteiger partial charge in [0.2, 0.25) is 0 Å². The Kier molecular flexibility index (Phi) is 15.0. The summed E-state index contributed by atoms with van der Waals surface area (Å²) in [6.45, 7) is 9.29. The Balaban J connectivity index is 0. The van der Waals surface area contributed by atoms with Crippen LogP contribution in [0.5, 0.6) is 0 Å². The molecule has 1 nitrogen and oxygen atoms in total. The second-order valence-corrected chi connectivity index (χ2v) is 2.88. The molecule has 0 atom stereocenters. The molecule has 0 heterocycles. The van der Waals surface area contributed by atoms with Crippen molar-refractivity contribution in [2.24, 2.45) is 0 Å². The second kappa shape index (κ2) is 12.4. The van der Waals surface area contributed by atoms with E-state index >= 15 is 0 Å². The predicted molar refractivity (Wildman–Crippen MR) is 51.7 cm³/mol. The minimum Gasteiger partial charge on any atom is -0.394 e. The normalized spacial score (nSPS) is 8.82. The molecular weight excluding hydrogens is 136 g/mol. The molecule has 0 unspecified atom stereocenters. The lowest BCUT2D eigenvalue weighted by Crippen LogP contribution is -1.85. The Morgan fingerprint density at radius 3 is 2.09 bits per heavy atom. The van der Waals surface area contributed by atoms with Gasteiger partial charge in [0.1, 0.15) is 0 Å². The first-order valence-electron chi connectivity index (χ1n) is 4.44. The summed E-state index contributed by atoms with van der Waals surface area (Å²) in [7, 11) is 0. The van der Waals surface area contributed by atoms with Crippen molar-refractivity contribution >= 4 is 0 Å². The summed E-state index contributed by atoms with van der Waals surface area (Å²) in [5, 5.41) is 8.06. The van der Waals surface area contributed by atoms with Crippen LogP contribution in [0.4, 0.5) is 0 Å². The molecule has 11 heavy (non-hydrogen) atoms. The van der Waals surface area contributed by atoms with Crippen molar-refractivity contribution in [1.29, 1.82) is 0 Å². The predicted octanol–water partition coefficient (Wildman–Crippen LogP) is 3.14. The Bertz CT molecular complexity index is 64.5. The Morgan fingerprint density at radius 2 is 1.82 bits per heavy atom. The van der Waals surface area contributed by atoms with Crippen molar-refractivity contribution in [3.63, 3.8) is 0 Å². The summed E-state index contributed by atoms with van der Waals surface area (Å²) >= 11 is 0. The molecule has 0 aliphatic heterocycles. The highest BCUT2D eigenvalue weighted by Crippen LogP contribution is 1.97. The fourth-order valence-electron chi connectivity index (χ4n) is 0.539. The lowest BCUT2D eigenvalue weighted by molar-refractivity contribution is 0.216. The molecule has 1 N–H and O–H groups in total. The van der Waals surface area contributed by atoms with Gasteiger partial charge in [-0.2, -0.15) is 0 Å². The highest BCUT2D eigenvalue weighted by Gasteiger charge is 1.77. The summed E-state index contributed by atoms with van der Waals surface area (Å²) < 4.78 is 0. The van der Waals surface area contributed by atoms with Gasteiger partial charge < -0.3 is 5.11 Å². The van der Waals surface area contributed by atoms with Gasteiger partial charge in [-0.15, -0.1) is 6.58 Å². The molecule has 68 valence electrons. The first-order chi connectivity index (χ1) is 5.15. The van der Waals surface area contributed by atoms with Gasteiger partial charge in [-0.3, -0.25) is 0 Å². The molecule has 0 radical (unpaired) electrons. The van der Waals surface area contributed by atoms with Gasteiger partial charge in [-0.1, -0.05) is 25.8 Å². The van der Waals surface area contributed by atoms with Crippen LogP contribution < -0.4 is 0 Å². The third kappa shape index (κ3) is 42.0. The maximum absolute atomic E-state index is 8.06. The van der Waals surface area contributed by atoms with E-state index in [1.807, 2.05) is 6.08 Å². The van der Waals surface area contributed by atoms with E-state index in [9.17, 15) is 0 Å². The number of aliphatic hydroxyl groups is 1. The molecule has 0 aromatic carbocycles. The monoisotopic (exact) mass is 158 g/mol. The third-order valence-corrected chi connectivity index (χ3v) is 1.01. The number of hydrogen-bond acceptors (Lipinski definition) is 1. The van der Waals surface area contributed by atoms with Gasteiger partial charge in [0, 0.05) is 6.10 Å². The van der Waals surface area contributed by atoms with E-state index in [-0.39, 0.29) is 6.10 Å². The smallest absolute Gasteiger partial charge is 0.0483 e. The van der Waals surface area contributed by atoms with Crippen LogP contribution in [0.2, 0.25) is 0 Å². The van der Waals surface area contributed by atoms with Crippen molar-refractivity contribution in [2.45, 2.75) is 52.6 Å². The van der Waals surface area contributed by atoms with Gasteiger partial charge in [-0.05, 0) is 26.7 Å². The number of rotatable bonds is 4. The molecule has 1 heteroatoms. The standard InChI is InChI=1S/C7H14.C3H8O/c1-3-5-7-6-4-2;1-3(2)4/h3H,1,4-7H2,2H3;3-4H,1-2H3. The Hall–Kier alpha value is -0.300. The minimum atomic E-state index is -0.167. The molecule has 0 aromatic rings.